The van der Waals surface area contributed by atoms with Gasteiger partial charge in [-0.2, -0.15) is 4.31 Å². The first-order valence-electron chi connectivity index (χ1n) is 12.9. The van der Waals surface area contributed by atoms with Gasteiger partial charge in [0.1, 0.15) is 5.75 Å². The van der Waals surface area contributed by atoms with E-state index < -0.39 is 10.0 Å². The molecule has 1 saturated carbocycles. The molecule has 6 nitrogen and oxygen atoms in total. The summed E-state index contributed by atoms with van der Waals surface area (Å²) in [5, 5.41) is 3.18. The molecule has 4 rings (SSSR count). The molecule has 1 amide bonds. The van der Waals surface area contributed by atoms with Crippen molar-refractivity contribution in [3.63, 3.8) is 0 Å². The Morgan fingerprint density at radius 3 is 2.30 bits per heavy atom. The number of methoxy groups -OCH3 is 1. The number of benzene rings is 3. The van der Waals surface area contributed by atoms with E-state index in [4.69, 9.17) is 4.74 Å². The third-order valence-corrected chi connectivity index (χ3v) is 8.86. The van der Waals surface area contributed by atoms with Crippen LogP contribution in [0.1, 0.15) is 42.4 Å². The van der Waals surface area contributed by atoms with Crippen LogP contribution in [0, 0.1) is 12.8 Å². The second-order valence-corrected chi connectivity index (χ2v) is 11.8. The number of amides is 1. The molecular formula is C30H36N2O4S. The van der Waals surface area contributed by atoms with Crippen molar-refractivity contribution < 1.29 is 17.9 Å². The number of hydrogen-bond acceptors (Lipinski definition) is 4. The lowest BCUT2D eigenvalue weighted by atomic mass is 9.86. The molecule has 0 heterocycles. The van der Waals surface area contributed by atoms with E-state index in [9.17, 15) is 13.2 Å². The van der Waals surface area contributed by atoms with Gasteiger partial charge in [-0.1, -0.05) is 60.2 Å². The molecule has 1 N–H and O–H groups in total. The van der Waals surface area contributed by atoms with Gasteiger partial charge in [-0.15, -0.1) is 0 Å². The van der Waals surface area contributed by atoms with Gasteiger partial charge in [-0.3, -0.25) is 4.79 Å². The van der Waals surface area contributed by atoms with Crippen LogP contribution in [0.2, 0.25) is 0 Å². The van der Waals surface area contributed by atoms with Crippen molar-refractivity contribution in [1.29, 1.82) is 0 Å². The van der Waals surface area contributed by atoms with Gasteiger partial charge < -0.3 is 10.1 Å². The van der Waals surface area contributed by atoms with Gasteiger partial charge in [0, 0.05) is 19.1 Å². The Morgan fingerprint density at radius 2 is 1.62 bits per heavy atom. The molecule has 1 aliphatic rings. The van der Waals surface area contributed by atoms with Crippen molar-refractivity contribution in [3.8, 4) is 5.75 Å². The zero-order chi connectivity index (χ0) is 26.3. The van der Waals surface area contributed by atoms with Crippen LogP contribution in [0.4, 0.5) is 0 Å². The predicted octanol–water partition coefficient (Wildman–Crippen LogP) is 5.11. The minimum atomic E-state index is -3.67. The van der Waals surface area contributed by atoms with E-state index in [2.05, 4.69) is 5.32 Å². The number of carbonyl (C=O) groups is 1. The minimum Gasteiger partial charge on any atom is -0.497 e. The largest absolute Gasteiger partial charge is 0.497 e. The summed E-state index contributed by atoms with van der Waals surface area (Å²) in [5.74, 6) is 0.976. The number of rotatable bonds is 10. The molecule has 0 spiro atoms. The van der Waals surface area contributed by atoms with E-state index in [1.165, 1.54) is 5.56 Å². The highest BCUT2D eigenvalue weighted by atomic mass is 32.2. The van der Waals surface area contributed by atoms with Gasteiger partial charge in [-0.05, 0) is 73.9 Å². The molecule has 3 aromatic rings. The average molecular weight is 521 g/mol. The molecule has 0 bridgehead atoms. The standard InChI is InChI=1S/C30H36N2O4S/c1-23-11-13-24(14-12-23)20-30(33)31-27-17-15-25(16-18-27)21-32(22-26-7-6-8-28(19-26)36-2)37(34,35)29-9-4-3-5-10-29/h3-14,19,25,27H,15-18,20-22H2,1-2H3,(H,31,33). The van der Waals surface area contributed by atoms with Gasteiger partial charge in [0.15, 0.2) is 0 Å². The summed E-state index contributed by atoms with van der Waals surface area (Å²) in [6, 6.07) is 24.3. The van der Waals surface area contributed by atoms with Gasteiger partial charge in [-0.25, -0.2) is 8.42 Å². The normalized spacial score (nSPS) is 17.9. The summed E-state index contributed by atoms with van der Waals surface area (Å²) < 4.78 is 34.1. The lowest BCUT2D eigenvalue weighted by Crippen LogP contribution is -2.41. The van der Waals surface area contributed by atoms with E-state index in [0.717, 1.165) is 36.8 Å². The molecule has 7 heteroatoms. The third-order valence-electron chi connectivity index (χ3n) is 7.03. The Hall–Kier alpha value is -3.16. The number of sulfonamides is 1. The molecule has 0 aliphatic heterocycles. The average Bonchev–Trinajstić information content (AvgIpc) is 2.91. The summed E-state index contributed by atoms with van der Waals surface area (Å²) in [4.78, 5) is 12.9. The Kier molecular flexibility index (Phi) is 9.00. The molecule has 0 atom stereocenters. The quantitative estimate of drug-likeness (QED) is 0.403. The molecule has 0 aromatic heterocycles. The summed E-state index contributed by atoms with van der Waals surface area (Å²) >= 11 is 0. The van der Waals surface area contributed by atoms with Crippen molar-refractivity contribution >= 4 is 15.9 Å². The van der Waals surface area contributed by atoms with Crippen molar-refractivity contribution in [2.75, 3.05) is 13.7 Å². The first kappa shape index (κ1) is 26.9. The Labute approximate surface area is 220 Å². The maximum absolute atomic E-state index is 13.6. The topological polar surface area (TPSA) is 75.7 Å². The summed E-state index contributed by atoms with van der Waals surface area (Å²) in [7, 11) is -2.06. The molecule has 37 heavy (non-hydrogen) atoms. The Morgan fingerprint density at radius 1 is 0.919 bits per heavy atom. The highest BCUT2D eigenvalue weighted by Gasteiger charge is 2.30. The van der Waals surface area contributed by atoms with Crippen LogP contribution < -0.4 is 10.1 Å². The zero-order valence-corrected chi connectivity index (χ0v) is 22.4. The molecule has 196 valence electrons. The molecule has 1 aliphatic carbocycles. The number of nitrogens with zero attached hydrogens (tertiary/aromatic N) is 1. The van der Waals surface area contributed by atoms with E-state index in [1.54, 1.807) is 35.7 Å². The number of ether oxygens (including phenoxy) is 1. The highest BCUT2D eigenvalue weighted by Crippen LogP contribution is 2.29. The number of hydrogen-bond donors (Lipinski definition) is 1. The number of nitrogens with one attached hydrogen (secondary N) is 1. The fourth-order valence-corrected chi connectivity index (χ4v) is 6.44. The second kappa shape index (κ2) is 12.4. The third kappa shape index (κ3) is 7.43. The smallest absolute Gasteiger partial charge is 0.243 e. The van der Waals surface area contributed by atoms with Crippen molar-refractivity contribution in [2.24, 2.45) is 5.92 Å². The van der Waals surface area contributed by atoms with Gasteiger partial charge >= 0.3 is 0 Å². The molecule has 0 radical (unpaired) electrons. The molecule has 0 unspecified atom stereocenters. The van der Waals surface area contributed by atoms with Crippen LogP contribution in [-0.4, -0.2) is 38.3 Å². The first-order chi connectivity index (χ1) is 17.8. The predicted molar refractivity (Wildman–Crippen MR) is 146 cm³/mol. The van der Waals surface area contributed by atoms with Gasteiger partial charge in [0.2, 0.25) is 15.9 Å². The second-order valence-electron chi connectivity index (χ2n) is 9.91. The van der Waals surface area contributed by atoms with Crippen LogP contribution in [0.25, 0.3) is 0 Å². The maximum atomic E-state index is 13.6. The molecule has 1 fully saturated rings. The van der Waals surface area contributed by atoms with Crippen molar-refractivity contribution in [2.45, 2.75) is 56.5 Å². The minimum absolute atomic E-state index is 0.0404. The van der Waals surface area contributed by atoms with E-state index in [1.807, 2.05) is 61.5 Å². The summed E-state index contributed by atoms with van der Waals surface area (Å²) in [5.41, 5.74) is 3.07. The van der Waals surface area contributed by atoms with Gasteiger partial charge in [0.25, 0.3) is 0 Å². The van der Waals surface area contributed by atoms with E-state index >= 15 is 0 Å². The Balaban J connectivity index is 1.39. The first-order valence-corrected chi connectivity index (χ1v) is 14.3. The Bertz CT molecular complexity index is 1270. The molecular weight excluding hydrogens is 484 g/mol. The number of carbonyl (C=O) groups excluding carboxylic acids is 1. The SMILES string of the molecule is COc1cccc(CN(CC2CCC(NC(=O)Cc3ccc(C)cc3)CC2)S(=O)(=O)c2ccccc2)c1. The summed E-state index contributed by atoms with van der Waals surface area (Å²) in [6.07, 6.45) is 3.82. The lowest BCUT2D eigenvalue weighted by Gasteiger charge is -2.33. The van der Waals surface area contributed by atoms with Crippen LogP contribution in [-0.2, 0) is 27.8 Å². The van der Waals surface area contributed by atoms with Crippen molar-refractivity contribution in [1.82, 2.24) is 9.62 Å². The fraction of sp³-hybridized carbons (Fsp3) is 0.367. The monoisotopic (exact) mass is 520 g/mol. The van der Waals surface area contributed by atoms with Gasteiger partial charge in [0.05, 0.1) is 18.4 Å². The van der Waals surface area contributed by atoms with Crippen LogP contribution >= 0.6 is 0 Å². The highest BCUT2D eigenvalue weighted by molar-refractivity contribution is 7.89. The lowest BCUT2D eigenvalue weighted by molar-refractivity contribution is -0.121. The molecule has 3 aromatic carbocycles. The maximum Gasteiger partial charge on any atom is 0.243 e. The van der Waals surface area contributed by atoms with Crippen molar-refractivity contribution in [3.05, 3.63) is 95.6 Å². The number of aryl methyl sites for hydroxylation is 1. The van der Waals surface area contributed by atoms with E-state index in [-0.39, 0.29) is 24.4 Å². The molecule has 0 saturated heterocycles. The zero-order valence-electron chi connectivity index (χ0n) is 21.6. The van der Waals surface area contributed by atoms with Crippen LogP contribution in [0.3, 0.4) is 0 Å². The van der Waals surface area contributed by atoms with Crippen LogP contribution in [0.15, 0.2) is 83.8 Å². The van der Waals surface area contributed by atoms with Crippen LogP contribution in [0.5, 0.6) is 5.75 Å². The fourth-order valence-electron chi connectivity index (χ4n) is 4.91. The van der Waals surface area contributed by atoms with E-state index in [0.29, 0.717) is 23.6 Å². The summed E-state index contributed by atoms with van der Waals surface area (Å²) in [6.45, 7) is 2.76.